The van der Waals surface area contributed by atoms with Gasteiger partial charge in [0.15, 0.2) is 0 Å². The van der Waals surface area contributed by atoms with Gasteiger partial charge in [0.2, 0.25) is 0 Å². The molecule has 0 aromatic heterocycles. The summed E-state index contributed by atoms with van der Waals surface area (Å²) in [7, 11) is 1.73. The summed E-state index contributed by atoms with van der Waals surface area (Å²) in [6, 6.07) is 6.47. The minimum Gasteiger partial charge on any atom is -0.496 e. The van der Waals surface area contributed by atoms with Crippen molar-refractivity contribution in [3.63, 3.8) is 0 Å². The molecule has 0 bridgehead atoms. The third-order valence-electron chi connectivity index (χ3n) is 3.50. The first-order chi connectivity index (χ1) is 8.89. The van der Waals surface area contributed by atoms with E-state index >= 15 is 0 Å². The van der Waals surface area contributed by atoms with Gasteiger partial charge in [-0.3, -0.25) is 0 Å². The fourth-order valence-electron chi connectivity index (χ4n) is 2.05. The Kier molecular flexibility index (Phi) is 5.83. The molecular formula is C16H28N2O. The highest BCUT2D eigenvalue weighted by Crippen LogP contribution is 2.25. The topological polar surface area (TPSA) is 47.3 Å². The van der Waals surface area contributed by atoms with Crippen molar-refractivity contribution in [3.05, 3.63) is 29.3 Å². The molecule has 0 heterocycles. The molecule has 3 nitrogen and oxygen atoms in total. The van der Waals surface area contributed by atoms with Gasteiger partial charge < -0.3 is 15.8 Å². The Morgan fingerprint density at radius 3 is 2.53 bits per heavy atom. The molecule has 0 unspecified atom stereocenters. The third kappa shape index (κ3) is 4.84. The quantitative estimate of drug-likeness (QED) is 0.796. The van der Waals surface area contributed by atoms with Crippen LogP contribution in [0.15, 0.2) is 18.2 Å². The van der Waals surface area contributed by atoms with Crippen molar-refractivity contribution in [2.75, 3.05) is 13.7 Å². The Morgan fingerprint density at radius 2 is 2.00 bits per heavy atom. The first-order valence-electron chi connectivity index (χ1n) is 7.01. The molecule has 3 N–H and O–H groups in total. The van der Waals surface area contributed by atoms with E-state index in [1.54, 1.807) is 7.11 Å². The van der Waals surface area contributed by atoms with Crippen molar-refractivity contribution in [2.24, 2.45) is 5.73 Å². The molecule has 19 heavy (non-hydrogen) atoms. The average Bonchev–Trinajstić information content (AvgIpc) is 2.36. The highest BCUT2D eigenvalue weighted by Gasteiger charge is 2.16. The molecule has 0 aliphatic rings. The van der Waals surface area contributed by atoms with Crippen LogP contribution in [-0.4, -0.2) is 19.2 Å². The minimum atomic E-state index is 0.0521. The van der Waals surface area contributed by atoms with Gasteiger partial charge in [-0.05, 0) is 44.4 Å². The summed E-state index contributed by atoms with van der Waals surface area (Å²) >= 11 is 0. The van der Waals surface area contributed by atoms with Gasteiger partial charge in [0.25, 0.3) is 0 Å². The number of hydrogen-bond donors (Lipinski definition) is 2. The van der Waals surface area contributed by atoms with E-state index in [-0.39, 0.29) is 5.54 Å². The Morgan fingerprint density at radius 1 is 1.32 bits per heavy atom. The lowest BCUT2D eigenvalue weighted by atomic mass is 9.98. The van der Waals surface area contributed by atoms with Gasteiger partial charge in [0, 0.05) is 17.6 Å². The normalized spacial score (nSPS) is 11.9. The van der Waals surface area contributed by atoms with Crippen molar-refractivity contribution < 1.29 is 4.74 Å². The molecule has 108 valence electrons. The van der Waals surface area contributed by atoms with E-state index in [9.17, 15) is 0 Å². The Balaban J connectivity index is 2.78. The first-order valence-corrected chi connectivity index (χ1v) is 7.01. The molecule has 1 rings (SSSR count). The molecule has 0 saturated heterocycles. The fraction of sp³-hybridized carbons (Fsp3) is 0.625. The van der Waals surface area contributed by atoms with Crippen LogP contribution in [0.25, 0.3) is 0 Å². The van der Waals surface area contributed by atoms with Crippen molar-refractivity contribution >= 4 is 0 Å². The largest absolute Gasteiger partial charge is 0.496 e. The number of benzene rings is 1. The zero-order valence-corrected chi connectivity index (χ0v) is 12.9. The highest BCUT2D eigenvalue weighted by molar-refractivity contribution is 5.38. The number of rotatable bonds is 7. The molecule has 1 aromatic rings. The van der Waals surface area contributed by atoms with Crippen molar-refractivity contribution in [2.45, 2.75) is 52.1 Å². The smallest absolute Gasteiger partial charge is 0.123 e. The second kappa shape index (κ2) is 6.92. The molecule has 0 fully saturated rings. The molecule has 0 saturated carbocycles. The van der Waals surface area contributed by atoms with Crippen LogP contribution in [0.4, 0.5) is 0 Å². The number of nitrogens with one attached hydrogen (secondary N) is 1. The number of ether oxygens (including phenoxy) is 1. The molecular weight excluding hydrogens is 236 g/mol. The van der Waals surface area contributed by atoms with Gasteiger partial charge in [0.1, 0.15) is 5.75 Å². The van der Waals surface area contributed by atoms with Crippen LogP contribution in [0.1, 0.15) is 51.2 Å². The summed E-state index contributed by atoms with van der Waals surface area (Å²) in [6.07, 6.45) is 0.958. The van der Waals surface area contributed by atoms with E-state index in [1.807, 2.05) is 0 Å². The SMILES string of the molecule is COc1cc(C(C)C)ccc1CNC(C)(C)CCN. The zero-order chi connectivity index (χ0) is 14.5. The highest BCUT2D eigenvalue weighted by atomic mass is 16.5. The van der Waals surface area contributed by atoms with E-state index in [1.165, 1.54) is 11.1 Å². The fourth-order valence-corrected chi connectivity index (χ4v) is 2.05. The van der Waals surface area contributed by atoms with Crippen LogP contribution >= 0.6 is 0 Å². The summed E-state index contributed by atoms with van der Waals surface area (Å²) < 4.78 is 5.50. The molecule has 1 aromatic carbocycles. The lowest BCUT2D eigenvalue weighted by Gasteiger charge is -2.26. The van der Waals surface area contributed by atoms with E-state index < -0.39 is 0 Å². The zero-order valence-electron chi connectivity index (χ0n) is 12.9. The minimum absolute atomic E-state index is 0.0521. The van der Waals surface area contributed by atoms with Gasteiger partial charge in [-0.15, -0.1) is 0 Å². The molecule has 0 aliphatic heterocycles. The predicted molar refractivity (Wildman–Crippen MR) is 81.7 cm³/mol. The van der Waals surface area contributed by atoms with Crippen LogP contribution in [0.3, 0.4) is 0 Å². The van der Waals surface area contributed by atoms with E-state index in [2.05, 4.69) is 51.2 Å². The van der Waals surface area contributed by atoms with Gasteiger partial charge in [-0.1, -0.05) is 26.0 Å². The monoisotopic (exact) mass is 264 g/mol. The Bertz CT molecular complexity index is 400. The Labute approximate surface area is 117 Å². The van der Waals surface area contributed by atoms with E-state index in [0.717, 1.165) is 18.7 Å². The van der Waals surface area contributed by atoms with Crippen LogP contribution in [0, 0.1) is 0 Å². The average molecular weight is 264 g/mol. The molecule has 0 atom stereocenters. The van der Waals surface area contributed by atoms with Crippen LogP contribution < -0.4 is 15.8 Å². The van der Waals surface area contributed by atoms with Crippen LogP contribution in [0.5, 0.6) is 5.75 Å². The van der Waals surface area contributed by atoms with Crippen molar-refractivity contribution in [3.8, 4) is 5.75 Å². The standard InChI is InChI=1S/C16H28N2O/c1-12(2)13-6-7-14(15(10-13)19-5)11-18-16(3,4)8-9-17/h6-7,10,12,18H,8-9,11,17H2,1-5H3. The summed E-state index contributed by atoms with van der Waals surface area (Å²) in [5.74, 6) is 1.48. The number of nitrogens with two attached hydrogens (primary N) is 1. The molecule has 0 spiro atoms. The Hall–Kier alpha value is -1.06. The maximum atomic E-state index is 5.63. The lowest BCUT2D eigenvalue weighted by Crippen LogP contribution is -2.40. The second-order valence-corrected chi connectivity index (χ2v) is 6.00. The van der Waals surface area contributed by atoms with Gasteiger partial charge in [-0.2, -0.15) is 0 Å². The van der Waals surface area contributed by atoms with E-state index in [0.29, 0.717) is 12.5 Å². The van der Waals surface area contributed by atoms with Gasteiger partial charge in [0.05, 0.1) is 7.11 Å². The van der Waals surface area contributed by atoms with Gasteiger partial charge in [-0.25, -0.2) is 0 Å². The van der Waals surface area contributed by atoms with E-state index in [4.69, 9.17) is 10.5 Å². The molecule has 0 aliphatic carbocycles. The first kappa shape index (κ1) is 16.0. The summed E-state index contributed by atoms with van der Waals surface area (Å²) in [6.45, 7) is 10.2. The lowest BCUT2D eigenvalue weighted by molar-refractivity contribution is 0.357. The summed E-state index contributed by atoms with van der Waals surface area (Å²) in [5, 5.41) is 3.54. The van der Waals surface area contributed by atoms with Gasteiger partial charge >= 0.3 is 0 Å². The van der Waals surface area contributed by atoms with Crippen molar-refractivity contribution in [1.82, 2.24) is 5.32 Å². The van der Waals surface area contributed by atoms with Crippen LogP contribution in [0.2, 0.25) is 0 Å². The molecule has 0 radical (unpaired) electrons. The molecule has 3 heteroatoms. The summed E-state index contributed by atoms with van der Waals surface area (Å²) in [4.78, 5) is 0. The maximum Gasteiger partial charge on any atom is 0.123 e. The second-order valence-electron chi connectivity index (χ2n) is 6.00. The van der Waals surface area contributed by atoms with Crippen molar-refractivity contribution in [1.29, 1.82) is 0 Å². The molecule has 0 amide bonds. The van der Waals surface area contributed by atoms with Crippen LogP contribution in [-0.2, 0) is 6.54 Å². The predicted octanol–water partition coefficient (Wildman–Crippen LogP) is 3.04. The third-order valence-corrected chi connectivity index (χ3v) is 3.50. The number of hydrogen-bond acceptors (Lipinski definition) is 3. The number of methoxy groups -OCH3 is 1. The summed E-state index contributed by atoms with van der Waals surface area (Å²) in [5.41, 5.74) is 8.18. The maximum absolute atomic E-state index is 5.63.